The minimum atomic E-state index is -1.03. The van der Waals surface area contributed by atoms with Gasteiger partial charge >= 0.3 is 5.97 Å². The molecule has 88 valence electrons. The predicted molar refractivity (Wildman–Crippen MR) is 55.5 cm³/mol. The first kappa shape index (κ1) is 12.8. The smallest absolute Gasteiger partial charge is 0.365 e. The van der Waals surface area contributed by atoms with Crippen molar-refractivity contribution in [3.8, 4) is 0 Å². The van der Waals surface area contributed by atoms with Crippen molar-refractivity contribution in [3.63, 3.8) is 0 Å². The predicted octanol–water partition coefficient (Wildman–Crippen LogP) is 0.876. The van der Waals surface area contributed by atoms with E-state index in [1.54, 1.807) is 6.92 Å². The van der Waals surface area contributed by atoms with Gasteiger partial charge in [0.05, 0.1) is 18.1 Å². The molecule has 1 aromatic heterocycles. The summed E-state index contributed by atoms with van der Waals surface area (Å²) in [6.07, 6.45) is 1.49. The fraction of sp³-hybridized carbons (Fsp3) is 0.444. The maximum atomic E-state index is 10.6. The molecule has 1 saturated heterocycles. The van der Waals surface area contributed by atoms with E-state index in [4.69, 9.17) is 19.4 Å². The summed E-state index contributed by atoms with van der Waals surface area (Å²) in [7, 11) is 0. The molecule has 2 heterocycles. The van der Waals surface area contributed by atoms with Gasteiger partial charge in [0.15, 0.2) is 0 Å². The van der Waals surface area contributed by atoms with E-state index in [2.05, 4.69) is 4.98 Å². The number of carbonyl (C=O) groups is 2. The Morgan fingerprint density at radius 1 is 1.56 bits per heavy atom. The van der Waals surface area contributed by atoms with Crippen LogP contribution in [0.3, 0.4) is 0 Å². The zero-order valence-corrected chi connectivity index (χ0v) is 9.45. The molecule has 0 unspecified atom stereocenters. The number of thiazole rings is 1. The molecule has 2 rings (SSSR count). The van der Waals surface area contributed by atoms with E-state index >= 15 is 0 Å². The van der Waals surface area contributed by atoms with Gasteiger partial charge < -0.3 is 19.4 Å². The fourth-order valence-electron chi connectivity index (χ4n) is 1.24. The van der Waals surface area contributed by atoms with Gasteiger partial charge in [-0.1, -0.05) is 0 Å². The molecule has 0 radical (unpaired) electrons. The van der Waals surface area contributed by atoms with Crippen LogP contribution < -0.4 is 0 Å². The van der Waals surface area contributed by atoms with Crippen LogP contribution in [0.15, 0.2) is 6.20 Å². The highest BCUT2D eigenvalue weighted by atomic mass is 32.1. The third-order valence-electron chi connectivity index (χ3n) is 1.97. The molecular weight excluding hydrogens is 234 g/mol. The summed E-state index contributed by atoms with van der Waals surface area (Å²) in [6, 6.07) is 0. The van der Waals surface area contributed by atoms with Crippen molar-refractivity contribution < 1.29 is 24.2 Å². The minimum Gasteiger partial charge on any atom is -0.476 e. The Morgan fingerprint density at radius 3 is 2.56 bits per heavy atom. The molecule has 0 spiro atoms. The maximum absolute atomic E-state index is 10.6. The third-order valence-corrected chi connectivity index (χ3v) is 3.14. The lowest BCUT2D eigenvalue weighted by atomic mass is 10.3. The molecule has 0 atom stereocenters. The summed E-state index contributed by atoms with van der Waals surface area (Å²) >= 11 is 1.08. The van der Waals surface area contributed by atoms with Gasteiger partial charge in [-0.25, -0.2) is 9.78 Å². The molecule has 7 heteroatoms. The number of aromatic carboxylic acids is 1. The Labute approximate surface area is 95.8 Å². The summed E-state index contributed by atoms with van der Waals surface area (Å²) in [5.74, 6) is -1.84. The molecule has 0 amide bonds. The average Bonchev–Trinajstić information content (AvgIpc) is 2.89. The SMILES string of the molecule is C=O.CC1(c2cnc(C(=O)O)s2)OCCO1. The lowest BCUT2D eigenvalue weighted by Gasteiger charge is -2.19. The Hall–Kier alpha value is -1.31. The molecule has 0 aromatic carbocycles. The zero-order valence-electron chi connectivity index (χ0n) is 8.63. The molecule has 6 nitrogen and oxygen atoms in total. The highest BCUT2D eigenvalue weighted by Crippen LogP contribution is 2.34. The van der Waals surface area contributed by atoms with Crippen LogP contribution in [0.1, 0.15) is 21.6 Å². The molecule has 1 N–H and O–H groups in total. The Kier molecular flexibility index (Phi) is 4.11. The van der Waals surface area contributed by atoms with E-state index in [1.165, 1.54) is 6.20 Å². The van der Waals surface area contributed by atoms with E-state index in [0.717, 1.165) is 11.3 Å². The minimum absolute atomic E-state index is 0.0559. The highest BCUT2D eigenvalue weighted by molar-refractivity contribution is 7.13. The van der Waals surface area contributed by atoms with Crippen LogP contribution in [-0.2, 0) is 20.1 Å². The fourth-order valence-corrected chi connectivity index (χ4v) is 2.05. The van der Waals surface area contributed by atoms with E-state index < -0.39 is 11.8 Å². The van der Waals surface area contributed by atoms with E-state index in [-0.39, 0.29) is 5.01 Å². The van der Waals surface area contributed by atoms with E-state index in [1.807, 2.05) is 6.79 Å². The molecule has 0 bridgehead atoms. The highest BCUT2D eigenvalue weighted by Gasteiger charge is 2.35. The van der Waals surface area contributed by atoms with Crippen LogP contribution >= 0.6 is 11.3 Å². The number of ether oxygens (including phenoxy) is 2. The molecule has 16 heavy (non-hydrogen) atoms. The topological polar surface area (TPSA) is 85.7 Å². The number of carboxylic acid groups (broad SMARTS) is 1. The van der Waals surface area contributed by atoms with Crippen molar-refractivity contribution in [1.82, 2.24) is 4.98 Å². The molecule has 1 aliphatic heterocycles. The van der Waals surface area contributed by atoms with Gasteiger partial charge in [-0.3, -0.25) is 0 Å². The van der Waals surface area contributed by atoms with Crippen molar-refractivity contribution in [2.75, 3.05) is 13.2 Å². The third kappa shape index (κ3) is 2.43. The van der Waals surface area contributed by atoms with Crippen LogP contribution in [0.2, 0.25) is 0 Å². The van der Waals surface area contributed by atoms with Crippen LogP contribution in [0.25, 0.3) is 0 Å². The van der Waals surface area contributed by atoms with Crippen molar-refractivity contribution >= 4 is 24.1 Å². The Balaban J connectivity index is 0.000000606. The molecule has 1 aromatic rings. The number of aromatic nitrogens is 1. The lowest BCUT2D eigenvalue weighted by Crippen LogP contribution is -2.20. The Morgan fingerprint density at radius 2 is 2.12 bits per heavy atom. The molecule has 0 aliphatic carbocycles. The first-order valence-electron chi connectivity index (χ1n) is 4.38. The van der Waals surface area contributed by atoms with Crippen molar-refractivity contribution in [1.29, 1.82) is 0 Å². The second kappa shape index (κ2) is 5.15. The standard InChI is InChI=1S/C8H9NO4S.CH2O/c1-8(12-2-3-13-8)5-4-9-6(14-5)7(10)11;1-2/h4H,2-3H2,1H3,(H,10,11);1H2. The number of rotatable bonds is 2. The molecular formula is C9H11NO5S. The van der Waals surface area contributed by atoms with Crippen LogP contribution in [0, 0.1) is 0 Å². The molecule has 1 aliphatic rings. The quantitative estimate of drug-likeness (QED) is 0.832. The summed E-state index contributed by atoms with van der Waals surface area (Å²) in [6.45, 7) is 4.81. The van der Waals surface area contributed by atoms with E-state index in [9.17, 15) is 4.79 Å². The summed E-state index contributed by atoms with van der Waals surface area (Å²) in [5, 5.41) is 8.75. The molecule has 1 fully saturated rings. The van der Waals surface area contributed by atoms with Crippen LogP contribution in [-0.4, -0.2) is 36.1 Å². The second-order valence-electron chi connectivity index (χ2n) is 2.98. The number of hydrogen-bond donors (Lipinski definition) is 1. The van der Waals surface area contributed by atoms with Gasteiger partial charge in [-0.15, -0.1) is 11.3 Å². The number of hydrogen-bond acceptors (Lipinski definition) is 6. The first-order valence-corrected chi connectivity index (χ1v) is 5.20. The van der Waals surface area contributed by atoms with Gasteiger partial charge in [0.2, 0.25) is 10.8 Å². The summed E-state index contributed by atoms with van der Waals surface area (Å²) < 4.78 is 10.7. The Bertz CT molecular complexity index is 372. The van der Waals surface area contributed by atoms with Gasteiger partial charge in [-0.2, -0.15) is 0 Å². The van der Waals surface area contributed by atoms with Crippen LogP contribution in [0.4, 0.5) is 0 Å². The van der Waals surface area contributed by atoms with Crippen molar-refractivity contribution in [2.45, 2.75) is 12.7 Å². The average molecular weight is 245 g/mol. The normalized spacial score (nSPS) is 17.6. The lowest BCUT2D eigenvalue weighted by molar-refractivity contribution is -0.147. The monoisotopic (exact) mass is 245 g/mol. The van der Waals surface area contributed by atoms with Crippen LogP contribution in [0.5, 0.6) is 0 Å². The first-order chi connectivity index (χ1) is 7.62. The summed E-state index contributed by atoms with van der Waals surface area (Å²) in [5.41, 5.74) is 0. The van der Waals surface area contributed by atoms with Crippen molar-refractivity contribution in [2.24, 2.45) is 0 Å². The van der Waals surface area contributed by atoms with Gasteiger partial charge in [0.25, 0.3) is 0 Å². The van der Waals surface area contributed by atoms with Gasteiger partial charge in [0.1, 0.15) is 6.79 Å². The van der Waals surface area contributed by atoms with Crippen molar-refractivity contribution in [3.05, 3.63) is 16.1 Å². The summed E-state index contributed by atoms with van der Waals surface area (Å²) in [4.78, 5) is 23.1. The van der Waals surface area contributed by atoms with E-state index in [0.29, 0.717) is 18.1 Å². The van der Waals surface area contributed by atoms with Gasteiger partial charge in [-0.05, 0) is 6.92 Å². The second-order valence-corrected chi connectivity index (χ2v) is 4.01. The number of nitrogens with zero attached hydrogens (tertiary/aromatic N) is 1. The molecule has 0 saturated carbocycles. The zero-order chi connectivity index (χ0) is 12.2. The number of carboxylic acids is 1. The van der Waals surface area contributed by atoms with Gasteiger partial charge in [0, 0.05) is 6.20 Å². The number of carbonyl (C=O) groups excluding carboxylic acids is 1. The maximum Gasteiger partial charge on any atom is 0.365 e. The largest absolute Gasteiger partial charge is 0.476 e.